The first-order chi connectivity index (χ1) is 4.66. The van der Waals surface area contributed by atoms with Crippen LogP contribution in [0.3, 0.4) is 0 Å². The van der Waals surface area contributed by atoms with E-state index in [1.165, 1.54) is 6.92 Å². The predicted octanol–water partition coefficient (Wildman–Crippen LogP) is 1.27. The molecule has 0 aliphatic carbocycles. The van der Waals surface area contributed by atoms with Crippen molar-refractivity contribution < 1.29 is 14.6 Å². The Labute approximate surface area is 60.3 Å². The van der Waals surface area contributed by atoms with Crippen molar-refractivity contribution in [3.05, 3.63) is 11.8 Å². The Morgan fingerprint density at radius 3 is 2.60 bits per heavy atom. The smallest absolute Gasteiger partial charge is 0.334 e. The summed E-state index contributed by atoms with van der Waals surface area (Å²) in [5.41, 5.74) is 0. The van der Waals surface area contributed by atoms with Crippen LogP contribution in [0.15, 0.2) is 11.8 Å². The number of carbonyl (C=O) groups is 1. The number of rotatable bonds is 3. The maximum atomic E-state index is 10.5. The van der Waals surface area contributed by atoms with Gasteiger partial charge in [-0.25, -0.2) is 4.79 Å². The highest BCUT2D eigenvalue weighted by Crippen LogP contribution is 1.89. The molecule has 0 atom stereocenters. The van der Waals surface area contributed by atoms with Gasteiger partial charge in [0.1, 0.15) is 0 Å². The van der Waals surface area contributed by atoms with E-state index in [4.69, 9.17) is 0 Å². The number of hydrogen-bond acceptors (Lipinski definition) is 2. The molecule has 0 amide bonds. The number of carbonyl (C=O) groups excluding carboxylic acids is 1. The van der Waals surface area contributed by atoms with Crippen molar-refractivity contribution in [1.82, 2.24) is 0 Å². The topological polar surface area (TPSA) is 46.2 Å². The molecule has 0 aromatic rings. The van der Waals surface area contributed by atoms with Crippen LogP contribution in [0.1, 0.15) is 20.3 Å². The molecule has 0 saturated carbocycles. The summed E-state index contributed by atoms with van der Waals surface area (Å²) in [7, 11) is 0. The molecule has 57 valence electrons. The molecule has 0 unspecified atom stereocenters. The number of esters is 1. The molecule has 1 radical (unpaired) electrons. The third-order valence-corrected chi connectivity index (χ3v) is 0.770. The third kappa shape index (κ3) is 5.15. The molecule has 0 bridgehead atoms. The lowest BCUT2D eigenvalue weighted by molar-refractivity contribution is -0.137. The van der Waals surface area contributed by atoms with Crippen LogP contribution >= 0.6 is 0 Å². The first-order valence-corrected chi connectivity index (χ1v) is 3.19. The van der Waals surface area contributed by atoms with Crippen molar-refractivity contribution in [2.45, 2.75) is 20.3 Å². The Bertz CT molecular complexity index is 134. The first kappa shape index (κ1) is 9.01. The van der Waals surface area contributed by atoms with Gasteiger partial charge in [0.2, 0.25) is 0 Å². The lowest BCUT2D eigenvalue weighted by atomic mass is 10.5. The predicted molar refractivity (Wildman–Crippen MR) is 35.7 cm³/mol. The van der Waals surface area contributed by atoms with E-state index in [0.717, 1.165) is 12.5 Å². The minimum absolute atomic E-state index is 0.277. The molecular weight excluding hydrogens is 132 g/mol. The average molecular weight is 143 g/mol. The summed E-state index contributed by atoms with van der Waals surface area (Å²) in [5, 5.41) is 10.3. The molecule has 0 spiro atoms. The van der Waals surface area contributed by atoms with Crippen LogP contribution < -0.4 is 0 Å². The molecule has 10 heavy (non-hydrogen) atoms. The molecule has 0 rings (SSSR count). The van der Waals surface area contributed by atoms with Crippen molar-refractivity contribution >= 4 is 5.97 Å². The summed E-state index contributed by atoms with van der Waals surface area (Å²) in [4.78, 5) is 10.5. The lowest BCUT2D eigenvalue weighted by Crippen LogP contribution is -2.01. The number of ether oxygens (including phenoxy) is 1. The Hall–Kier alpha value is -0.990. The van der Waals surface area contributed by atoms with Gasteiger partial charge in [-0.2, -0.15) is 0 Å². The number of allylic oxidation sites excluding steroid dienone is 1. The minimum Gasteiger partial charge on any atom is -0.462 e. The maximum Gasteiger partial charge on any atom is 0.334 e. The normalized spacial score (nSPS) is 11.2. The molecule has 0 aromatic carbocycles. The molecule has 0 fully saturated rings. The van der Waals surface area contributed by atoms with Gasteiger partial charge in [-0.3, -0.25) is 5.11 Å². The first-order valence-electron chi connectivity index (χ1n) is 3.19. The molecule has 0 aliphatic heterocycles. The summed E-state index contributed by atoms with van der Waals surface area (Å²) in [6, 6.07) is 0. The summed E-state index contributed by atoms with van der Waals surface area (Å²) in [5.74, 6) is -0.824. The Balaban J connectivity index is 3.54. The van der Waals surface area contributed by atoms with E-state index >= 15 is 0 Å². The largest absolute Gasteiger partial charge is 0.462 e. The van der Waals surface area contributed by atoms with Crippen LogP contribution in [0, 0.1) is 0 Å². The van der Waals surface area contributed by atoms with Crippen molar-refractivity contribution in [3.63, 3.8) is 0 Å². The van der Waals surface area contributed by atoms with Crippen molar-refractivity contribution in [2.75, 3.05) is 6.61 Å². The Morgan fingerprint density at radius 1 is 1.60 bits per heavy atom. The zero-order valence-electron chi connectivity index (χ0n) is 6.22. The highest BCUT2D eigenvalue weighted by atomic mass is 16.5. The van der Waals surface area contributed by atoms with Gasteiger partial charge >= 0.3 is 5.97 Å². The van der Waals surface area contributed by atoms with Gasteiger partial charge in [0.05, 0.1) is 12.7 Å². The summed E-state index contributed by atoms with van der Waals surface area (Å²) < 4.78 is 4.59. The second-order valence-electron chi connectivity index (χ2n) is 1.92. The van der Waals surface area contributed by atoms with Gasteiger partial charge < -0.3 is 4.74 Å². The second-order valence-corrected chi connectivity index (χ2v) is 1.92. The van der Waals surface area contributed by atoms with Crippen molar-refractivity contribution in [2.24, 2.45) is 0 Å². The quantitative estimate of drug-likeness (QED) is 0.339. The monoisotopic (exact) mass is 143 g/mol. The van der Waals surface area contributed by atoms with Crippen LogP contribution in [0.4, 0.5) is 0 Å². The molecule has 3 heteroatoms. The highest BCUT2D eigenvalue weighted by molar-refractivity contribution is 5.82. The van der Waals surface area contributed by atoms with E-state index in [9.17, 15) is 9.90 Å². The lowest BCUT2D eigenvalue weighted by Gasteiger charge is -1.96. The molecule has 0 aromatic heterocycles. The van der Waals surface area contributed by atoms with Crippen LogP contribution in [0.5, 0.6) is 0 Å². The van der Waals surface area contributed by atoms with E-state index in [1.807, 2.05) is 6.92 Å². The van der Waals surface area contributed by atoms with E-state index < -0.39 is 5.97 Å². The Morgan fingerprint density at radius 2 is 2.20 bits per heavy atom. The van der Waals surface area contributed by atoms with Gasteiger partial charge in [0, 0.05) is 0 Å². The van der Waals surface area contributed by atoms with Crippen molar-refractivity contribution in [3.8, 4) is 0 Å². The SMILES string of the molecule is CCCOC(=O)C=C(C)[O]. The van der Waals surface area contributed by atoms with E-state index in [1.54, 1.807) is 0 Å². The maximum absolute atomic E-state index is 10.5. The van der Waals surface area contributed by atoms with Gasteiger partial charge in [-0.15, -0.1) is 0 Å². The zero-order valence-corrected chi connectivity index (χ0v) is 6.22. The van der Waals surface area contributed by atoms with Gasteiger partial charge in [0.15, 0.2) is 5.76 Å². The van der Waals surface area contributed by atoms with E-state index in [0.29, 0.717) is 6.61 Å². The minimum atomic E-state index is -0.547. The van der Waals surface area contributed by atoms with Crippen molar-refractivity contribution in [1.29, 1.82) is 0 Å². The molecule has 0 heterocycles. The van der Waals surface area contributed by atoms with Gasteiger partial charge in [0.25, 0.3) is 0 Å². The summed E-state index contributed by atoms with van der Waals surface area (Å²) in [6.45, 7) is 3.58. The van der Waals surface area contributed by atoms with Crippen LogP contribution in [-0.2, 0) is 14.6 Å². The fourth-order valence-electron chi connectivity index (χ4n) is 0.410. The highest BCUT2D eigenvalue weighted by Gasteiger charge is 1.96. The summed E-state index contributed by atoms with van der Waals surface area (Å²) >= 11 is 0. The standard InChI is InChI=1S/C7H11O3/c1-3-4-10-7(9)5-6(2)8/h5H,3-4H2,1-2H3. The van der Waals surface area contributed by atoms with Crippen LogP contribution in [0.2, 0.25) is 0 Å². The third-order valence-electron chi connectivity index (χ3n) is 0.770. The van der Waals surface area contributed by atoms with Gasteiger partial charge in [-0.05, 0) is 13.3 Å². The fourth-order valence-corrected chi connectivity index (χ4v) is 0.410. The Kier molecular flexibility index (Phi) is 4.37. The van der Waals surface area contributed by atoms with Gasteiger partial charge in [-0.1, -0.05) is 6.92 Å². The van der Waals surface area contributed by atoms with Crippen LogP contribution in [0.25, 0.3) is 0 Å². The number of hydrogen-bond donors (Lipinski definition) is 0. The fraction of sp³-hybridized carbons (Fsp3) is 0.571. The molecule has 0 N–H and O–H groups in total. The second kappa shape index (κ2) is 4.85. The molecule has 0 aliphatic rings. The molecular formula is C7H11O3. The van der Waals surface area contributed by atoms with Crippen LogP contribution in [-0.4, -0.2) is 12.6 Å². The molecule has 3 nitrogen and oxygen atoms in total. The van der Waals surface area contributed by atoms with E-state index in [-0.39, 0.29) is 5.76 Å². The average Bonchev–Trinajstić information content (AvgIpc) is 1.82. The van der Waals surface area contributed by atoms with E-state index in [2.05, 4.69) is 4.74 Å². The molecule has 0 saturated heterocycles. The summed E-state index contributed by atoms with van der Waals surface area (Å²) in [6.07, 6.45) is 1.72. The zero-order chi connectivity index (χ0) is 7.98.